The van der Waals surface area contributed by atoms with Gasteiger partial charge in [0.05, 0.1) is 0 Å². The summed E-state index contributed by atoms with van der Waals surface area (Å²) in [6.45, 7) is 0. The highest BCUT2D eigenvalue weighted by molar-refractivity contribution is 4.08. The minimum absolute atomic E-state index is 5.50. The molecule has 0 heterocycles. The molecule has 4 heteroatoms. The van der Waals surface area contributed by atoms with Gasteiger partial charge in [-0.1, -0.05) is 0 Å². The number of rotatable bonds is 0. The van der Waals surface area contributed by atoms with Gasteiger partial charge in [-0.25, -0.2) is 0 Å². The average Bonchev–Trinajstić information content (AvgIpc) is 0.722. The van der Waals surface area contributed by atoms with Gasteiger partial charge in [0.25, 0.3) is 0 Å². The van der Waals surface area contributed by atoms with Crippen molar-refractivity contribution in [2.75, 3.05) is 0 Å². The van der Waals surface area contributed by atoms with Gasteiger partial charge in [0.2, 0.25) is 0 Å². The monoisotopic (exact) mass is 87.0 g/mol. The number of halogens is 4. The van der Waals surface area contributed by atoms with E-state index >= 15 is 0 Å². The van der Waals surface area contributed by atoms with Crippen molar-refractivity contribution in [2.45, 2.75) is 6.43 Å². The maximum Gasteiger partial charge on any atom is 0.559 e. The van der Waals surface area contributed by atoms with E-state index in [1.807, 2.05) is 0 Å². The molecule has 0 rings (SSSR count). The molecular formula is CF4. The van der Waals surface area contributed by atoms with Crippen LogP contribution in [0, 0.1) is 0 Å². The van der Waals surface area contributed by atoms with Gasteiger partial charge in [-0.15, -0.1) is 17.6 Å². The zero-order valence-electron chi connectivity index (χ0n) is 2.01. The van der Waals surface area contributed by atoms with Gasteiger partial charge in [0, 0.05) is 0 Å². The Morgan fingerprint density at radius 3 is 0.800 bits per heavy atom. The minimum atomic E-state index is -5.50. The molecule has 32 valence electrons. The summed E-state index contributed by atoms with van der Waals surface area (Å²) in [6, 6.07) is 0. The maximum absolute atomic E-state index is 9.69. The zero-order valence-corrected chi connectivity index (χ0v) is 2.01. The molecule has 5 heavy (non-hydrogen) atoms. The Morgan fingerprint density at radius 1 is 0.800 bits per heavy atom. The van der Waals surface area contributed by atoms with Crippen molar-refractivity contribution in [3.05, 3.63) is 0 Å². The Labute approximate surface area is 25.4 Å². The fourth-order valence-electron chi connectivity index (χ4n) is 0. The van der Waals surface area contributed by atoms with Crippen molar-refractivity contribution in [1.29, 1.82) is 0 Å². The molecule has 0 aliphatic rings. The molecule has 0 radical (unpaired) electrons. The van der Waals surface area contributed by atoms with Gasteiger partial charge >= 0.3 is 6.43 Å². The first-order valence-electron chi connectivity index (χ1n) is 0.756. The van der Waals surface area contributed by atoms with E-state index < -0.39 is 6.43 Å². The third-order valence-electron chi connectivity index (χ3n) is 0. The Balaban J connectivity index is 3.02. The van der Waals surface area contributed by atoms with Crippen LogP contribution in [0.2, 0.25) is 0 Å². The first-order valence-corrected chi connectivity index (χ1v) is 0.756. The van der Waals surface area contributed by atoms with E-state index in [1.54, 1.807) is 0 Å². The molecule has 0 aliphatic carbocycles. The molecule has 0 fully saturated rings. The molecule has 0 aromatic rings. The second-order valence-corrected chi connectivity index (χ2v) is 0.429. The highest BCUT2D eigenvalue weighted by Gasteiger charge is 2.24. The summed E-state index contributed by atoms with van der Waals surface area (Å²) >= 11 is 0. The summed E-state index contributed by atoms with van der Waals surface area (Å²) in [5.41, 5.74) is 0. The first kappa shape index (κ1) is 4.72. The Morgan fingerprint density at radius 2 is 0.800 bits per heavy atom. The van der Waals surface area contributed by atoms with Crippen LogP contribution in [0.15, 0.2) is 0 Å². The third-order valence-corrected chi connectivity index (χ3v) is 0. The largest absolute Gasteiger partial charge is 0.559 e. The van der Waals surface area contributed by atoms with Crippen molar-refractivity contribution >= 4 is 0 Å². The van der Waals surface area contributed by atoms with Crippen LogP contribution in [0.3, 0.4) is 0 Å². The second kappa shape index (κ2) is 0.841. The summed E-state index contributed by atoms with van der Waals surface area (Å²) in [5, 5.41) is 0. The van der Waals surface area contributed by atoms with Crippen LogP contribution in [0.1, 0.15) is 0 Å². The van der Waals surface area contributed by atoms with Gasteiger partial charge in [0.1, 0.15) is 0 Å². The van der Waals surface area contributed by atoms with Gasteiger partial charge in [0.15, 0.2) is 0 Å². The fourth-order valence-corrected chi connectivity index (χ4v) is 0. The third kappa shape index (κ3) is 140. The smallest absolute Gasteiger partial charge is 0.140 e. The van der Waals surface area contributed by atoms with E-state index in [4.69, 9.17) is 0 Å². The van der Waals surface area contributed by atoms with Crippen LogP contribution in [0.25, 0.3) is 0 Å². The molecule has 0 aliphatic heterocycles. The molecule has 0 nitrogen and oxygen atoms in total. The Kier molecular flexibility index (Phi) is 0.794. The van der Waals surface area contributed by atoms with Crippen molar-refractivity contribution in [3.63, 3.8) is 0 Å². The van der Waals surface area contributed by atoms with Gasteiger partial charge in [-0.2, -0.15) is 0 Å². The molecule has 0 unspecified atom stereocenters. The first-order chi connectivity index (χ1) is 2.00. The number of hydrogen-bond acceptors (Lipinski definition) is 0. The summed E-state index contributed by atoms with van der Waals surface area (Å²) in [5.74, 6) is 0. The maximum atomic E-state index is 9.69. The van der Waals surface area contributed by atoms with Gasteiger partial charge in [-0.3, -0.25) is 0 Å². The number of hydrogen-bond donors (Lipinski definition) is 0. The van der Waals surface area contributed by atoms with E-state index in [1.165, 1.54) is 0 Å². The summed E-state index contributed by atoms with van der Waals surface area (Å²) in [7, 11) is 0. The lowest BCUT2D eigenvalue weighted by molar-refractivity contribution is -0.237. The molecular weight excluding hydrogens is 87.0 g/mol. The molecule has 0 amide bonds. The van der Waals surface area contributed by atoms with Crippen LogP contribution >= 0.6 is 0 Å². The second-order valence-electron chi connectivity index (χ2n) is 0.429. The molecule has 0 saturated carbocycles. The van der Waals surface area contributed by atoms with Gasteiger partial charge in [-0.05, 0) is 0 Å². The standard InChI is InChI=1S/CF4/c2-1(3,4)5/i2-1. The lowest BCUT2D eigenvalue weighted by Crippen LogP contribution is -1.92. The Hall–Kier alpha value is -0.280. The quantitative estimate of drug-likeness (QED) is 0.392. The van der Waals surface area contributed by atoms with E-state index in [9.17, 15) is 17.6 Å². The normalized spacial score (nSPS) is 12.0. The highest BCUT2D eigenvalue weighted by Crippen LogP contribution is 2.13. The van der Waals surface area contributed by atoms with E-state index in [0.29, 0.717) is 0 Å². The fraction of sp³-hybridized carbons (Fsp3) is 1.00. The van der Waals surface area contributed by atoms with Crippen LogP contribution in [0.4, 0.5) is 17.6 Å². The molecule has 0 aromatic carbocycles. The van der Waals surface area contributed by atoms with E-state index in [-0.39, 0.29) is 0 Å². The molecule has 0 N–H and O–H groups in total. The molecule has 0 atom stereocenters. The van der Waals surface area contributed by atoms with Crippen molar-refractivity contribution in [2.24, 2.45) is 0 Å². The molecule has 0 aromatic heterocycles. The van der Waals surface area contributed by atoms with Crippen molar-refractivity contribution in [1.82, 2.24) is 0 Å². The summed E-state index contributed by atoms with van der Waals surface area (Å²) in [4.78, 5) is 0. The van der Waals surface area contributed by atoms with Crippen molar-refractivity contribution in [3.8, 4) is 0 Å². The molecule has 0 spiro atoms. The van der Waals surface area contributed by atoms with Gasteiger partial charge < -0.3 is 0 Å². The SMILES string of the molecule is FC(F)(F)[18F]. The van der Waals surface area contributed by atoms with Crippen LogP contribution in [-0.2, 0) is 0 Å². The van der Waals surface area contributed by atoms with Crippen LogP contribution in [-0.4, -0.2) is 6.43 Å². The summed E-state index contributed by atoms with van der Waals surface area (Å²) in [6.07, 6.45) is -5.50. The Bertz CT molecular complexity index is 19.1. The molecule has 0 bridgehead atoms. The summed E-state index contributed by atoms with van der Waals surface area (Å²) < 4.78 is 38.8. The predicted molar refractivity (Wildman–Crippen MR) is 7.16 cm³/mol. The average molecular weight is 87.0 g/mol. The van der Waals surface area contributed by atoms with Crippen LogP contribution < -0.4 is 0 Å². The van der Waals surface area contributed by atoms with Crippen LogP contribution in [0.5, 0.6) is 0 Å². The number of alkyl halides is 4. The predicted octanol–water partition coefficient (Wildman–Crippen LogP) is 1.48. The lowest BCUT2D eigenvalue weighted by Gasteiger charge is -1.82. The lowest BCUT2D eigenvalue weighted by atomic mass is 11.5. The zero-order chi connectivity index (χ0) is 4.50. The topological polar surface area (TPSA) is 0 Å². The highest BCUT2D eigenvalue weighted by atomic mass is 19.4. The van der Waals surface area contributed by atoms with E-state index in [0.717, 1.165) is 0 Å². The molecule has 0 saturated heterocycles. The van der Waals surface area contributed by atoms with Crippen molar-refractivity contribution < 1.29 is 17.6 Å². The van der Waals surface area contributed by atoms with E-state index in [2.05, 4.69) is 0 Å². The minimum Gasteiger partial charge on any atom is -0.140 e.